The topological polar surface area (TPSA) is 21.3 Å². The molecule has 2 nitrogen and oxygen atoms in total. The summed E-state index contributed by atoms with van der Waals surface area (Å²) < 4.78 is 5.80. The molecule has 20 heavy (non-hydrogen) atoms. The fourth-order valence-electron chi connectivity index (χ4n) is 3.78. The molecule has 0 amide bonds. The maximum atomic E-state index is 5.80. The van der Waals surface area contributed by atoms with Crippen molar-refractivity contribution in [2.45, 2.75) is 63.5 Å². The Hall–Kier alpha value is -0.860. The SMILES string of the molecule is CC1(C)CC(NCC2CCCc3ccccc32)CCO1. The van der Waals surface area contributed by atoms with Crippen LogP contribution in [-0.2, 0) is 11.2 Å². The molecule has 1 aliphatic carbocycles. The highest BCUT2D eigenvalue weighted by Gasteiger charge is 2.29. The molecule has 1 fully saturated rings. The molecule has 0 bridgehead atoms. The Balaban J connectivity index is 1.59. The summed E-state index contributed by atoms with van der Waals surface area (Å²) in [4.78, 5) is 0. The van der Waals surface area contributed by atoms with Crippen molar-refractivity contribution < 1.29 is 4.74 Å². The first-order valence-corrected chi connectivity index (χ1v) is 8.09. The highest BCUT2D eigenvalue weighted by atomic mass is 16.5. The van der Waals surface area contributed by atoms with E-state index in [1.807, 2.05) is 0 Å². The Morgan fingerprint density at radius 3 is 2.95 bits per heavy atom. The van der Waals surface area contributed by atoms with Gasteiger partial charge in [-0.25, -0.2) is 0 Å². The van der Waals surface area contributed by atoms with Crippen LogP contribution in [0.25, 0.3) is 0 Å². The summed E-state index contributed by atoms with van der Waals surface area (Å²) in [5.41, 5.74) is 3.19. The zero-order valence-corrected chi connectivity index (χ0v) is 12.8. The predicted molar refractivity (Wildman–Crippen MR) is 83.2 cm³/mol. The van der Waals surface area contributed by atoms with E-state index in [2.05, 4.69) is 43.4 Å². The van der Waals surface area contributed by atoms with Crippen LogP contribution in [0.2, 0.25) is 0 Å². The van der Waals surface area contributed by atoms with Crippen LogP contribution in [0.3, 0.4) is 0 Å². The lowest BCUT2D eigenvalue weighted by atomic mass is 9.82. The molecule has 1 aliphatic heterocycles. The molecular formula is C18H27NO. The van der Waals surface area contributed by atoms with Crippen molar-refractivity contribution in [2.24, 2.45) is 0 Å². The summed E-state index contributed by atoms with van der Waals surface area (Å²) in [6, 6.07) is 9.62. The van der Waals surface area contributed by atoms with E-state index in [1.165, 1.54) is 19.3 Å². The van der Waals surface area contributed by atoms with Crippen molar-refractivity contribution in [1.29, 1.82) is 0 Å². The highest BCUT2D eigenvalue weighted by molar-refractivity contribution is 5.32. The molecule has 2 heteroatoms. The van der Waals surface area contributed by atoms with E-state index in [0.717, 1.165) is 26.0 Å². The number of benzene rings is 1. The van der Waals surface area contributed by atoms with E-state index in [-0.39, 0.29) is 5.60 Å². The number of hydrogen-bond donors (Lipinski definition) is 1. The Bertz CT molecular complexity index is 454. The molecule has 1 aromatic carbocycles. The summed E-state index contributed by atoms with van der Waals surface area (Å²) in [5, 5.41) is 3.81. The lowest BCUT2D eigenvalue weighted by molar-refractivity contribution is -0.0629. The molecule has 2 unspecified atom stereocenters. The molecule has 1 saturated heterocycles. The summed E-state index contributed by atoms with van der Waals surface area (Å²) in [7, 11) is 0. The van der Waals surface area contributed by atoms with Crippen molar-refractivity contribution in [3.05, 3.63) is 35.4 Å². The van der Waals surface area contributed by atoms with E-state index in [9.17, 15) is 0 Å². The van der Waals surface area contributed by atoms with Gasteiger partial charge in [-0.05, 0) is 63.0 Å². The van der Waals surface area contributed by atoms with Crippen molar-refractivity contribution in [1.82, 2.24) is 5.32 Å². The summed E-state index contributed by atoms with van der Waals surface area (Å²) in [6.45, 7) is 6.43. The van der Waals surface area contributed by atoms with Gasteiger partial charge in [-0.15, -0.1) is 0 Å². The van der Waals surface area contributed by atoms with Crippen LogP contribution < -0.4 is 5.32 Å². The third-order valence-corrected chi connectivity index (χ3v) is 4.84. The molecule has 2 aliphatic rings. The van der Waals surface area contributed by atoms with E-state index in [1.54, 1.807) is 11.1 Å². The predicted octanol–water partition coefficient (Wildman–Crippen LogP) is 3.65. The zero-order chi connectivity index (χ0) is 14.0. The first-order valence-electron chi connectivity index (χ1n) is 8.09. The van der Waals surface area contributed by atoms with Crippen molar-refractivity contribution in [3.63, 3.8) is 0 Å². The van der Waals surface area contributed by atoms with Crippen molar-refractivity contribution in [3.8, 4) is 0 Å². The van der Waals surface area contributed by atoms with Crippen LogP contribution >= 0.6 is 0 Å². The molecule has 0 aromatic heterocycles. The maximum absolute atomic E-state index is 5.80. The number of ether oxygens (including phenoxy) is 1. The minimum atomic E-state index is 0.0421. The second-order valence-electron chi connectivity index (χ2n) is 6.99. The van der Waals surface area contributed by atoms with Crippen LogP contribution in [-0.4, -0.2) is 24.8 Å². The van der Waals surface area contributed by atoms with Gasteiger partial charge < -0.3 is 10.1 Å². The molecule has 3 rings (SSSR count). The molecule has 1 aromatic rings. The van der Waals surface area contributed by atoms with E-state index in [0.29, 0.717) is 12.0 Å². The first kappa shape index (κ1) is 14.1. The van der Waals surface area contributed by atoms with Gasteiger partial charge in [0.1, 0.15) is 0 Å². The van der Waals surface area contributed by atoms with Gasteiger partial charge >= 0.3 is 0 Å². The molecule has 2 atom stereocenters. The molecule has 1 N–H and O–H groups in total. The lowest BCUT2D eigenvalue weighted by Crippen LogP contribution is -2.45. The third-order valence-electron chi connectivity index (χ3n) is 4.84. The van der Waals surface area contributed by atoms with Gasteiger partial charge in [0.15, 0.2) is 0 Å². The molecule has 0 radical (unpaired) electrons. The Kier molecular flexibility index (Phi) is 4.13. The minimum Gasteiger partial charge on any atom is -0.375 e. The number of fused-ring (bicyclic) bond motifs is 1. The zero-order valence-electron chi connectivity index (χ0n) is 12.8. The van der Waals surface area contributed by atoms with Crippen LogP contribution in [0.1, 0.15) is 56.6 Å². The van der Waals surface area contributed by atoms with Gasteiger partial charge in [0.05, 0.1) is 5.60 Å². The number of nitrogens with one attached hydrogen (secondary N) is 1. The quantitative estimate of drug-likeness (QED) is 0.907. The van der Waals surface area contributed by atoms with E-state index in [4.69, 9.17) is 4.74 Å². The fourth-order valence-corrected chi connectivity index (χ4v) is 3.78. The van der Waals surface area contributed by atoms with Gasteiger partial charge in [-0.2, -0.15) is 0 Å². The Labute approximate surface area is 122 Å². The number of rotatable bonds is 3. The van der Waals surface area contributed by atoms with Crippen LogP contribution in [0.4, 0.5) is 0 Å². The summed E-state index contributed by atoms with van der Waals surface area (Å²) in [5.74, 6) is 0.700. The standard InChI is InChI=1S/C18H27NO/c1-18(2)12-16(10-11-20-18)19-13-15-8-5-7-14-6-3-4-9-17(14)15/h3-4,6,9,15-16,19H,5,7-8,10-13H2,1-2H3. The smallest absolute Gasteiger partial charge is 0.0641 e. The van der Waals surface area contributed by atoms with Crippen molar-refractivity contribution in [2.75, 3.05) is 13.2 Å². The lowest BCUT2D eigenvalue weighted by Gasteiger charge is -2.37. The molecule has 0 saturated carbocycles. The van der Waals surface area contributed by atoms with Crippen LogP contribution in [0, 0.1) is 0 Å². The molecule has 1 heterocycles. The first-order chi connectivity index (χ1) is 9.64. The summed E-state index contributed by atoms with van der Waals surface area (Å²) in [6.07, 6.45) is 6.20. The largest absolute Gasteiger partial charge is 0.375 e. The van der Waals surface area contributed by atoms with Gasteiger partial charge in [0, 0.05) is 19.2 Å². The second kappa shape index (κ2) is 5.87. The monoisotopic (exact) mass is 273 g/mol. The van der Waals surface area contributed by atoms with E-state index < -0.39 is 0 Å². The fraction of sp³-hybridized carbons (Fsp3) is 0.667. The van der Waals surface area contributed by atoms with Crippen molar-refractivity contribution >= 4 is 0 Å². The van der Waals surface area contributed by atoms with Gasteiger partial charge in [0.2, 0.25) is 0 Å². The van der Waals surface area contributed by atoms with Gasteiger partial charge in [-0.1, -0.05) is 24.3 Å². The number of hydrogen-bond acceptors (Lipinski definition) is 2. The summed E-state index contributed by atoms with van der Waals surface area (Å²) >= 11 is 0. The highest BCUT2D eigenvalue weighted by Crippen LogP contribution is 2.31. The molecule has 110 valence electrons. The van der Waals surface area contributed by atoms with Gasteiger partial charge in [-0.3, -0.25) is 0 Å². The second-order valence-corrected chi connectivity index (χ2v) is 6.99. The van der Waals surface area contributed by atoms with Gasteiger partial charge in [0.25, 0.3) is 0 Å². The molecule has 0 spiro atoms. The van der Waals surface area contributed by atoms with Crippen LogP contribution in [0.5, 0.6) is 0 Å². The maximum Gasteiger partial charge on any atom is 0.0641 e. The number of aryl methyl sites for hydroxylation is 1. The Morgan fingerprint density at radius 1 is 1.25 bits per heavy atom. The average Bonchev–Trinajstić information content (AvgIpc) is 2.44. The minimum absolute atomic E-state index is 0.0421. The Morgan fingerprint density at radius 2 is 2.10 bits per heavy atom. The molecular weight excluding hydrogens is 246 g/mol. The normalized spacial score (nSPS) is 28.9. The van der Waals surface area contributed by atoms with E-state index >= 15 is 0 Å². The average molecular weight is 273 g/mol. The third kappa shape index (κ3) is 3.24. The van der Waals surface area contributed by atoms with Crippen LogP contribution in [0.15, 0.2) is 24.3 Å².